The SMILES string of the molecule is CC1CCCCC1NC(=O)c1ccc2[nH]c(-c3ccc(NC(=O)C4CC5CCC4C5)cc3)nc2c1. The Morgan fingerprint density at radius 1 is 0.971 bits per heavy atom. The van der Waals surface area contributed by atoms with Crippen LogP contribution in [0.25, 0.3) is 22.4 Å². The lowest BCUT2D eigenvalue weighted by Crippen LogP contribution is -2.41. The molecule has 3 fully saturated rings. The first kappa shape index (κ1) is 22.3. The number of rotatable bonds is 5. The molecule has 3 aliphatic rings. The summed E-state index contributed by atoms with van der Waals surface area (Å²) in [4.78, 5) is 33.7. The number of anilines is 1. The second kappa shape index (κ2) is 9.14. The fourth-order valence-electron chi connectivity index (χ4n) is 6.58. The summed E-state index contributed by atoms with van der Waals surface area (Å²) in [6.07, 6.45) is 9.45. The number of carbonyl (C=O) groups is 2. The van der Waals surface area contributed by atoms with Crippen LogP contribution in [0.15, 0.2) is 42.5 Å². The van der Waals surface area contributed by atoms with E-state index in [1.54, 1.807) is 0 Å². The van der Waals surface area contributed by atoms with Crippen molar-refractivity contribution in [1.82, 2.24) is 15.3 Å². The molecular formula is C29H34N4O2. The van der Waals surface area contributed by atoms with Gasteiger partial charge >= 0.3 is 0 Å². The van der Waals surface area contributed by atoms with Crippen LogP contribution in [0, 0.1) is 23.7 Å². The number of amides is 2. The molecule has 0 spiro atoms. The fourth-order valence-corrected chi connectivity index (χ4v) is 6.58. The minimum absolute atomic E-state index is 0.0224. The Balaban J connectivity index is 1.13. The predicted molar refractivity (Wildman–Crippen MR) is 138 cm³/mol. The van der Waals surface area contributed by atoms with E-state index in [-0.39, 0.29) is 23.8 Å². The molecule has 2 aromatic carbocycles. The molecule has 6 rings (SSSR count). The summed E-state index contributed by atoms with van der Waals surface area (Å²) >= 11 is 0. The van der Waals surface area contributed by atoms with Gasteiger partial charge in [-0.1, -0.05) is 26.2 Å². The maximum absolute atomic E-state index is 12.9. The highest BCUT2D eigenvalue weighted by Gasteiger charge is 2.43. The number of aromatic nitrogens is 2. The normalized spacial score (nSPS) is 27.7. The minimum Gasteiger partial charge on any atom is -0.349 e. The topological polar surface area (TPSA) is 86.9 Å². The summed E-state index contributed by atoms with van der Waals surface area (Å²) in [5.74, 6) is 2.93. The first-order valence-electron chi connectivity index (χ1n) is 13.3. The number of H-pyrrole nitrogens is 1. The Labute approximate surface area is 206 Å². The minimum atomic E-state index is -0.0224. The van der Waals surface area contributed by atoms with Gasteiger partial charge in [-0.15, -0.1) is 0 Å². The lowest BCUT2D eigenvalue weighted by molar-refractivity contribution is -0.121. The standard InChI is InChI=1S/C29H34N4O2/c1-17-4-2-3-5-24(17)33-28(34)21-10-13-25-26(16-21)32-27(31-25)19-8-11-22(12-9-19)30-29(35)23-15-18-6-7-20(23)14-18/h8-13,16-18,20,23-24H,2-7,14-15H2,1H3,(H,30,35)(H,31,32)(H,33,34). The van der Waals surface area contributed by atoms with Crippen molar-refractivity contribution in [3.05, 3.63) is 48.0 Å². The van der Waals surface area contributed by atoms with Gasteiger partial charge in [0.05, 0.1) is 11.0 Å². The molecular weight excluding hydrogens is 436 g/mol. The number of hydrogen-bond donors (Lipinski definition) is 3. The number of hydrogen-bond acceptors (Lipinski definition) is 3. The Morgan fingerprint density at radius 2 is 1.80 bits per heavy atom. The van der Waals surface area contributed by atoms with E-state index in [4.69, 9.17) is 4.98 Å². The van der Waals surface area contributed by atoms with Crippen LogP contribution in [-0.2, 0) is 4.79 Å². The van der Waals surface area contributed by atoms with E-state index in [0.717, 1.165) is 46.9 Å². The molecule has 0 saturated heterocycles. The zero-order chi connectivity index (χ0) is 23.9. The molecule has 6 heteroatoms. The van der Waals surface area contributed by atoms with Crippen molar-refractivity contribution in [3.8, 4) is 11.4 Å². The van der Waals surface area contributed by atoms with Crippen molar-refractivity contribution in [2.45, 2.75) is 64.3 Å². The van der Waals surface area contributed by atoms with Crippen LogP contribution in [-0.4, -0.2) is 27.8 Å². The summed E-state index contributed by atoms with van der Waals surface area (Å²) in [5, 5.41) is 6.34. The molecule has 0 aliphatic heterocycles. The number of benzene rings is 2. The van der Waals surface area contributed by atoms with E-state index in [0.29, 0.717) is 17.4 Å². The van der Waals surface area contributed by atoms with E-state index in [1.807, 2.05) is 42.5 Å². The van der Waals surface area contributed by atoms with Gasteiger partial charge in [0.1, 0.15) is 5.82 Å². The van der Waals surface area contributed by atoms with E-state index in [2.05, 4.69) is 22.5 Å². The summed E-state index contributed by atoms with van der Waals surface area (Å²) < 4.78 is 0. The second-order valence-corrected chi connectivity index (χ2v) is 11.0. The molecule has 1 aromatic heterocycles. The number of carbonyl (C=O) groups excluding carboxylic acids is 2. The molecule has 3 N–H and O–H groups in total. The lowest BCUT2D eigenvalue weighted by atomic mass is 9.86. The maximum Gasteiger partial charge on any atom is 0.251 e. The molecule has 182 valence electrons. The molecule has 2 amide bonds. The van der Waals surface area contributed by atoms with Crippen LogP contribution in [0.1, 0.15) is 68.6 Å². The van der Waals surface area contributed by atoms with Crippen LogP contribution in [0.5, 0.6) is 0 Å². The Bertz CT molecular complexity index is 1250. The van der Waals surface area contributed by atoms with E-state index < -0.39 is 0 Å². The van der Waals surface area contributed by atoms with Crippen molar-refractivity contribution >= 4 is 28.5 Å². The molecule has 1 heterocycles. The summed E-state index contributed by atoms with van der Waals surface area (Å²) in [6, 6.07) is 13.7. The Hall–Kier alpha value is -3.15. The van der Waals surface area contributed by atoms with Gasteiger partial charge in [-0.25, -0.2) is 4.98 Å². The monoisotopic (exact) mass is 470 g/mol. The Morgan fingerprint density at radius 3 is 2.54 bits per heavy atom. The Kier molecular flexibility index (Phi) is 5.83. The second-order valence-electron chi connectivity index (χ2n) is 11.0. The van der Waals surface area contributed by atoms with Crippen molar-refractivity contribution in [2.75, 3.05) is 5.32 Å². The molecule has 35 heavy (non-hydrogen) atoms. The zero-order valence-corrected chi connectivity index (χ0v) is 20.3. The van der Waals surface area contributed by atoms with E-state index in [9.17, 15) is 9.59 Å². The largest absolute Gasteiger partial charge is 0.349 e. The number of nitrogens with one attached hydrogen (secondary N) is 3. The van der Waals surface area contributed by atoms with Gasteiger partial charge in [0, 0.05) is 28.8 Å². The lowest BCUT2D eigenvalue weighted by Gasteiger charge is -2.29. The molecule has 2 bridgehead atoms. The maximum atomic E-state index is 12.9. The number of nitrogens with zero attached hydrogens (tertiary/aromatic N) is 1. The molecule has 6 nitrogen and oxygen atoms in total. The fraction of sp³-hybridized carbons (Fsp3) is 0.483. The molecule has 3 aromatic rings. The molecule has 3 aliphatic carbocycles. The first-order chi connectivity index (χ1) is 17.0. The van der Waals surface area contributed by atoms with E-state index in [1.165, 1.54) is 38.5 Å². The number of fused-ring (bicyclic) bond motifs is 3. The van der Waals surface area contributed by atoms with Gasteiger partial charge in [-0.2, -0.15) is 0 Å². The van der Waals surface area contributed by atoms with Gasteiger partial charge in [-0.05, 0) is 92.3 Å². The first-order valence-corrected chi connectivity index (χ1v) is 13.3. The van der Waals surface area contributed by atoms with Crippen LogP contribution >= 0.6 is 0 Å². The highest BCUT2D eigenvalue weighted by atomic mass is 16.2. The van der Waals surface area contributed by atoms with Gasteiger partial charge < -0.3 is 15.6 Å². The zero-order valence-electron chi connectivity index (χ0n) is 20.3. The van der Waals surface area contributed by atoms with Gasteiger partial charge in [0.15, 0.2) is 0 Å². The molecule has 3 saturated carbocycles. The van der Waals surface area contributed by atoms with Gasteiger partial charge in [0.2, 0.25) is 5.91 Å². The average molecular weight is 471 g/mol. The summed E-state index contributed by atoms with van der Waals surface area (Å²) in [5.41, 5.74) is 4.09. The quantitative estimate of drug-likeness (QED) is 0.433. The molecule has 5 atom stereocenters. The molecule has 0 radical (unpaired) electrons. The summed E-state index contributed by atoms with van der Waals surface area (Å²) in [6.45, 7) is 2.22. The predicted octanol–water partition coefficient (Wildman–Crippen LogP) is 5.91. The van der Waals surface area contributed by atoms with Crippen molar-refractivity contribution in [2.24, 2.45) is 23.7 Å². The average Bonchev–Trinajstić information content (AvgIpc) is 3.61. The highest BCUT2D eigenvalue weighted by molar-refractivity contribution is 5.98. The van der Waals surface area contributed by atoms with Gasteiger partial charge in [-0.3, -0.25) is 9.59 Å². The van der Waals surface area contributed by atoms with Crippen molar-refractivity contribution in [1.29, 1.82) is 0 Å². The smallest absolute Gasteiger partial charge is 0.251 e. The van der Waals surface area contributed by atoms with E-state index >= 15 is 0 Å². The van der Waals surface area contributed by atoms with Gasteiger partial charge in [0.25, 0.3) is 5.91 Å². The third-order valence-corrected chi connectivity index (χ3v) is 8.67. The van der Waals surface area contributed by atoms with Crippen LogP contribution in [0.3, 0.4) is 0 Å². The highest BCUT2D eigenvalue weighted by Crippen LogP contribution is 2.48. The van der Waals surface area contributed by atoms with Crippen LogP contribution in [0.4, 0.5) is 5.69 Å². The van der Waals surface area contributed by atoms with Crippen molar-refractivity contribution in [3.63, 3.8) is 0 Å². The molecule has 5 unspecified atom stereocenters. The summed E-state index contributed by atoms with van der Waals surface area (Å²) in [7, 11) is 0. The van der Waals surface area contributed by atoms with Crippen molar-refractivity contribution < 1.29 is 9.59 Å². The third kappa shape index (κ3) is 4.46. The number of imidazole rings is 1. The third-order valence-electron chi connectivity index (χ3n) is 8.67. The van der Waals surface area contributed by atoms with Crippen LogP contribution < -0.4 is 10.6 Å². The number of aromatic amines is 1. The van der Waals surface area contributed by atoms with Crippen LogP contribution in [0.2, 0.25) is 0 Å².